The number of allylic oxidation sites excluding steroid dienone is 2. The van der Waals surface area contributed by atoms with Gasteiger partial charge in [-0.3, -0.25) is 4.99 Å². The molecule has 0 bridgehead atoms. The molecule has 16 heavy (non-hydrogen) atoms. The average Bonchev–Trinajstić information content (AvgIpc) is 1.96. The molecule has 0 heterocycles. The standard InChI is InChI=1S/C14H25NO/c1-7-16-12-8-11(15-13(2,3)4)9-14(5,6)10-12/h8H,7,9-10H2,1-6H3. The molecule has 2 heteroatoms. The number of hydrogen-bond acceptors (Lipinski definition) is 2. The Morgan fingerprint density at radius 3 is 2.44 bits per heavy atom. The lowest BCUT2D eigenvalue weighted by Gasteiger charge is -2.31. The predicted molar refractivity (Wildman–Crippen MR) is 69.9 cm³/mol. The largest absolute Gasteiger partial charge is 0.498 e. The minimum Gasteiger partial charge on any atom is -0.498 e. The maximum atomic E-state index is 5.64. The van der Waals surface area contributed by atoms with E-state index in [1.165, 1.54) is 5.71 Å². The van der Waals surface area contributed by atoms with Crippen LogP contribution in [0.4, 0.5) is 0 Å². The zero-order valence-corrected chi connectivity index (χ0v) is 11.6. The molecule has 0 aliphatic heterocycles. The van der Waals surface area contributed by atoms with Crippen molar-refractivity contribution >= 4 is 5.71 Å². The van der Waals surface area contributed by atoms with Crippen molar-refractivity contribution in [2.75, 3.05) is 6.61 Å². The third kappa shape index (κ3) is 4.38. The molecule has 0 aromatic carbocycles. The van der Waals surface area contributed by atoms with Crippen LogP contribution in [-0.4, -0.2) is 17.9 Å². The highest BCUT2D eigenvalue weighted by atomic mass is 16.5. The molecule has 0 aromatic heterocycles. The first-order chi connectivity index (χ1) is 7.22. The summed E-state index contributed by atoms with van der Waals surface area (Å²) in [5.41, 5.74) is 1.44. The van der Waals surface area contributed by atoms with E-state index in [-0.39, 0.29) is 11.0 Å². The molecule has 0 saturated heterocycles. The minimum absolute atomic E-state index is 0.00339. The van der Waals surface area contributed by atoms with Gasteiger partial charge in [0.2, 0.25) is 0 Å². The molecular formula is C14H25NO. The van der Waals surface area contributed by atoms with Gasteiger partial charge in [-0.05, 0) is 45.6 Å². The fourth-order valence-corrected chi connectivity index (χ4v) is 2.09. The van der Waals surface area contributed by atoms with Gasteiger partial charge in [0.05, 0.1) is 17.9 Å². The van der Waals surface area contributed by atoms with Gasteiger partial charge < -0.3 is 4.74 Å². The maximum absolute atomic E-state index is 5.64. The Balaban J connectivity index is 2.93. The van der Waals surface area contributed by atoms with Gasteiger partial charge in [-0.1, -0.05) is 13.8 Å². The normalized spacial score (nSPS) is 23.1. The van der Waals surface area contributed by atoms with Crippen molar-refractivity contribution in [1.29, 1.82) is 0 Å². The number of aliphatic imine (C=N–C) groups is 1. The zero-order valence-electron chi connectivity index (χ0n) is 11.6. The maximum Gasteiger partial charge on any atom is 0.0983 e. The van der Waals surface area contributed by atoms with Crippen molar-refractivity contribution < 1.29 is 4.74 Å². The lowest BCUT2D eigenvalue weighted by molar-refractivity contribution is 0.184. The summed E-state index contributed by atoms with van der Waals surface area (Å²) in [6.45, 7) is 13.7. The summed E-state index contributed by atoms with van der Waals surface area (Å²) in [5.74, 6) is 1.08. The van der Waals surface area contributed by atoms with Crippen LogP contribution in [0.1, 0.15) is 54.4 Å². The third-order valence-corrected chi connectivity index (χ3v) is 2.45. The molecule has 0 saturated carbocycles. The summed E-state index contributed by atoms with van der Waals surface area (Å²) in [6, 6.07) is 0. The molecule has 0 radical (unpaired) electrons. The topological polar surface area (TPSA) is 21.6 Å². The van der Waals surface area contributed by atoms with E-state index in [1.54, 1.807) is 0 Å². The minimum atomic E-state index is -0.00339. The number of nitrogens with zero attached hydrogens (tertiary/aromatic N) is 1. The van der Waals surface area contributed by atoms with E-state index >= 15 is 0 Å². The zero-order chi connectivity index (χ0) is 12.4. The monoisotopic (exact) mass is 223 g/mol. The van der Waals surface area contributed by atoms with Crippen LogP contribution in [-0.2, 0) is 4.74 Å². The first kappa shape index (κ1) is 13.3. The molecule has 0 amide bonds. The van der Waals surface area contributed by atoms with Gasteiger partial charge in [-0.15, -0.1) is 0 Å². The second kappa shape index (κ2) is 4.60. The molecule has 92 valence electrons. The van der Waals surface area contributed by atoms with Crippen molar-refractivity contribution in [3.63, 3.8) is 0 Å². The molecule has 2 nitrogen and oxygen atoms in total. The fraction of sp³-hybridized carbons (Fsp3) is 0.786. The second-order valence-corrected chi connectivity index (χ2v) is 6.34. The van der Waals surface area contributed by atoms with Crippen LogP contribution < -0.4 is 0 Å². The average molecular weight is 223 g/mol. The van der Waals surface area contributed by atoms with E-state index in [9.17, 15) is 0 Å². The highest BCUT2D eigenvalue weighted by Crippen LogP contribution is 2.35. The molecule has 0 unspecified atom stereocenters. The summed E-state index contributed by atoms with van der Waals surface area (Å²) < 4.78 is 5.64. The quantitative estimate of drug-likeness (QED) is 0.694. The lowest BCUT2D eigenvalue weighted by atomic mass is 9.79. The summed E-state index contributed by atoms with van der Waals surface area (Å²) in [5, 5.41) is 0. The Hall–Kier alpha value is -0.790. The van der Waals surface area contributed by atoms with Gasteiger partial charge in [-0.25, -0.2) is 0 Å². The van der Waals surface area contributed by atoms with Gasteiger partial charge >= 0.3 is 0 Å². The molecule has 0 aromatic rings. The van der Waals surface area contributed by atoms with Gasteiger partial charge in [0.1, 0.15) is 0 Å². The van der Waals surface area contributed by atoms with Crippen molar-refractivity contribution in [3.8, 4) is 0 Å². The molecular weight excluding hydrogens is 198 g/mol. The van der Waals surface area contributed by atoms with Gasteiger partial charge in [0.25, 0.3) is 0 Å². The van der Waals surface area contributed by atoms with Crippen LogP contribution >= 0.6 is 0 Å². The van der Waals surface area contributed by atoms with E-state index in [0.717, 1.165) is 25.2 Å². The first-order valence-electron chi connectivity index (χ1n) is 6.14. The van der Waals surface area contributed by atoms with Gasteiger partial charge in [0, 0.05) is 12.1 Å². The fourth-order valence-electron chi connectivity index (χ4n) is 2.09. The third-order valence-electron chi connectivity index (χ3n) is 2.45. The highest BCUT2D eigenvalue weighted by molar-refractivity contribution is 5.96. The Kier molecular flexibility index (Phi) is 3.82. The number of hydrogen-bond donors (Lipinski definition) is 0. The van der Waals surface area contributed by atoms with Crippen LogP contribution in [0.15, 0.2) is 16.8 Å². The van der Waals surface area contributed by atoms with Crippen LogP contribution in [0.5, 0.6) is 0 Å². The SMILES string of the molecule is CCOC1=CC(=NC(C)(C)C)CC(C)(C)C1. The Labute approximate surface area is 99.8 Å². The Morgan fingerprint density at radius 1 is 1.31 bits per heavy atom. The molecule has 1 rings (SSSR count). The highest BCUT2D eigenvalue weighted by Gasteiger charge is 2.27. The predicted octanol–water partition coefficient (Wildman–Crippen LogP) is 3.97. The van der Waals surface area contributed by atoms with E-state index in [2.05, 4.69) is 40.7 Å². The smallest absolute Gasteiger partial charge is 0.0983 e. The van der Waals surface area contributed by atoms with Gasteiger partial charge in [-0.2, -0.15) is 0 Å². The molecule has 0 spiro atoms. The van der Waals surface area contributed by atoms with Crippen LogP contribution in [0.3, 0.4) is 0 Å². The first-order valence-corrected chi connectivity index (χ1v) is 6.14. The molecule has 0 N–H and O–H groups in total. The summed E-state index contributed by atoms with van der Waals surface area (Å²) >= 11 is 0. The summed E-state index contributed by atoms with van der Waals surface area (Å²) in [4.78, 5) is 4.76. The van der Waals surface area contributed by atoms with Crippen LogP contribution in [0.25, 0.3) is 0 Å². The number of rotatable bonds is 2. The van der Waals surface area contributed by atoms with E-state index in [1.807, 2.05) is 6.92 Å². The second-order valence-electron chi connectivity index (χ2n) is 6.34. The van der Waals surface area contributed by atoms with E-state index < -0.39 is 0 Å². The lowest BCUT2D eigenvalue weighted by Crippen LogP contribution is -2.25. The van der Waals surface area contributed by atoms with Crippen LogP contribution in [0.2, 0.25) is 0 Å². The molecule has 0 fully saturated rings. The molecule has 1 aliphatic carbocycles. The van der Waals surface area contributed by atoms with Crippen molar-refractivity contribution in [2.24, 2.45) is 10.4 Å². The summed E-state index contributed by atoms with van der Waals surface area (Å²) in [6.07, 6.45) is 4.19. The van der Waals surface area contributed by atoms with Crippen molar-refractivity contribution in [1.82, 2.24) is 0 Å². The van der Waals surface area contributed by atoms with Crippen molar-refractivity contribution in [2.45, 2.75) is 59.9 Å². The molecule has 0 atom stereocenters. The van der Waals surface area contributed by atoms with Gasteiger partial charge in [0.15, 0.2) is 0 Å². The van der Waals surface area contributed by atoms with Crippen LogP contribution in [0, 0.1) is 5.41 Å². The van der Waals surface area contributed by atoms with E-state index in [4.69, 9.17) is 9.73 Å². The molecule has 1 aliphatic rings. The Bertz CT molecular complexity index is 305. The van der Waals surface area contributed by atoms with E-state index in [0.29, 0.717) is 0 Å². The number of ether oxygens (including phenoxy) is 1. The Morgan fingerprint density at radius 2 is 1.94 bits per heavy atom. The van der Waals surface area contributed by atoms with Crippen molar-refractivity contribution in [3.05, 3.63) is 11.8 Å². The summed E-state index contributed by atoms with van der Waals surface area (Å²) in [7, 11) is 0.